The molecule has 0 radical (unpaired) electrons. The summed E-state index contributed by atoms with van der Waals surface area (Å²) in [4.78, 5) is 11.1. The number of carboxylic acid groups (broad SMARTS) is 1. The van der Waals surface area contributed by atoms with Gasteiger partial charge in [0.1, 0.15) is 5.75 Å². The van der Waals surface area contributed by atoms with Crippen LogP contribution in [0.2, 0.25) is 0 Å². The Morgan fingerprint density at radius 1 is 1.50 bits per heavy atom. The van der Waals surface area contributed by atoms with Gasteiger partial charge in [0, 0.05) is 5.57 Å². The number of carboxylic acids is 1. The summed E-state index contributed by atoms with van der Waals surface area (Å²) in [6.07, 6.45) is 0.585. The minimum Gasteiger partial charge on any atom is -0.497 e. The molecular formula is C14H15FO3. The average Bonchev–Trinajstić information content (AvgIpc) is 2.63. The van der Waals surface area contributed by atoms with Crippen LogP contribution in [0, 0.1) is 0 Å². The first-order chi connectivity index (χ1) is 8.37. The third-order valence-electron chi connectivity index (χ3n) is 3.34. The van der Waals surface area contributed by atoms with E-state index in [-0.39, 0.29) is 5.57 Å². The van der Waals surface area contributed by atoms with Crippen LogP contribution in [0.5, 0.6) is 5.75 Å². The Morgan fingerprint density at radius 3 is 2.72 bits per heavy atom. The predicted molar refractivity (Wildman–Crippen MR) is 66.4 cm³/mol. The number of hydrogen-bond donors (Lipinski definition) is 1. The van der Waals surface area contributed by atoms with E-state index in [1.165, 1.54) is 7.11 Å². The lowest BCUT2D eigenvalue weighted by molar-refractivity contribution is -0.145. The number of alkyl halides is 1. The molecule has 1 atom stereocenters. The second-order valence-electron chi connectivity index (χ2n) is 4.66. The van der Waals surface area contributed by atoms with E-state index >= 15 is 0 Å². The number of methoxy groups -OCH3 is 1. The largest absolute Gasteiger partial charge is 0.497 e. The van der Waals surface area contributed by atoms with Crippen LogP contribution in [0.4, 0.5) is 4.39 Å². The third-order valence-corrected chi connectivity index (χ3v) is 3.34. The van der Waals surface area contributed by atoms with E-state index in [0.29, 0.717) is 17.7 Å². The van der Waals surface area contributed by atoms with E-state index in [1.807, 2.05) is 6.07 Å². The highest BCUT2D eigenvalue weighted by molar-refractivity contribution is 5.98. The van der Waals surface area contributed by atoms with Gasteiger partial charge in [-0.15, -0.1) is 0 Å². The number of carbonyl (C=O) groups is 1. The van der Waals surface area contributed by atoms with E-state index < -0.39 is 11.6 Å². The summed E-state index contributed by atoms with van der Waals surface area (Å²) in [5.41, 5.74) is 0.212. The van der Waals surface area contributed by atoms with Gasteiger partial charge in [-0.3, -0.25) is 0 Å². The molecule has 1 aliphatic carbocycles. The monoisotopic (exact) mass is 250 g/mol. The Hall–Kier alpha value is -1.84. The summed E-state index contributed by atoms with van der Waals surface area (Å²) in [5.74, 6) is -0.866. The van der Waals surface area contributed by atoms with Gasteiger partial charge < -0.3 is 9.84 Å². The second-order valence-corrected chi connectivity index (χ2v) is 4.66. The fraction of sp³-hybridized carbons (Fsp3) is 0.357. The van der Waals surface area contributed by atoms with Gasteiger partial charge in [-0.05, 0) is 43.5 Å². The number of fused-ring (bicyclic) bond motifs is 1. The van der Waals surface area contributed by atoms with Gasteiger partial charge in [-0.25, -0.2) is 9.18 Å². The normalized spacial score (nSPS) is 17.3. The molecule has 18 heavy (non-hydrogen) atoms. The number of hydrogen-bond acceptors (Lipinski definition) is 2. The molecule has 4 heteroatoms. The van der Waals surface area contributed by atoms with Crippen molar-refractivity contribution in [3.63, 3.8) is 0 Å². The first-order valence-electron chi connectivity index (χ1n) is 5.67. The molecule has 0 saturated carbocycles. The lowest BCUT2D eigenvalue weighted by atomic mass is 9.91. The molecule has 1 aromatic carbocycles. The van der Waals surface area contributed by atoms with Gasteiger partial charge in [0.25, 0.3) is 0 Å². The first kappa shape index (κ1) is 12.6. The van der Waals surface area contributed by atoms with Crippen molar-refractivity contribution in [1.29, 1.82) is 0 Å². The number of benzene rings is 1. The first-order valence-corrected chi connectivity index (χ1v) is 5.67. The Bertz CT molecular complexity index is 544. The molecule has 0 saturated heterocycles. The molecule has 1 aliphatic rings. The summed E-state index contributed by atoms with van der Waals surface area (Å²) in [7, 11) is 1.53. The van der Waals surface area contributed by atoms with Gasteiger partial charge in [-0.1, -0.05) is 11.6 Å². The maximum atomic E-state index is 14.4. The highest BCUT2D eigenvalue weighted by Crippen LogP contribution is 2.42. The fourth-order valence-corrected chi connectivity index (χ4v) is 2.43. The molecule has 3 nitrogen and oxygen atoms in total. The maximum Gasteiger partial charge on any atom is 0.345 e. The van der Waals surface area contributed by atoms with Crippen molar-refractivity contribution in [3.05, 3.63) is 34.9 Å². The summed E-state index contributed by atoms with van der Waals surface area (Å²) < 4.78 is 19.5. The molecule has 0 aromatic heterocycles. The van der Waals surface area contributed by atoms with Crippen LogP contribution in [-0.4, -0.2) is 23.9 Å². The van der Waals surface area contributed by atoms with Gasteiger partial charge in [0.15, 0.2) is 0 Å². The summed E-state index contributed by atoms with van der Waals surface area (Å²) in [5, 5.41) is 9.03. The molecule has 0 amide bonds. The summed E-state index contributed by atoms with van der Waals surface area (Å²) >= 11 is 0. The molecule has 2 rings (SSSR count). The van der Waals surface area contributed by atoms with E-state index in [1.54, 1.807) is 19.1 Å². The van der Waals surface area contributed by atoms with Crippen molar-refractivity contribution >= 4 is 11.5 Å². The van der Waals surface area contributed by atoms with Crippen LogP contribution in [0.3, 0.4) is 0 Å². The zero-order valence-electron chi connectivity index (χ0n) is 10.6. The minimum absolute atomic E-state index is 0.254. The standard InChI is InChI=1S/C14H15FO3/c1-8-6-9-4-5-10(18-3)7-11(9)12(8)14(2,15)13(16)17/h4-5,7H,6H2,1-3H3,(H,16,17). The number of aliphatic carboxylic acids is 1. The number of rotatable bonds is 3. The molecule has 0 bridgehead atoms. The van der Waals surface area contributed by atoms with Crippen LogP contribution in [0.1, 0.15) is 25.0 Å². The molecule has 0 aliphatic heterocycles. The Balaban J connectivity index is 2.58. The lowest BCUT2D eigenvalue weighted by Crippen LogP contribution is -2.31. The minimum atomic E-state index is -2.37. The molecule has 96 valence electrons. The number of halogens is 1. The molecule has 0 heterocycles. The average molecular weight is 250 g/mol. The highest BCUT2D eigenvalue weighted by Gasteiger charge is 2.42. The van der Waals surface area contributed by atoms with E-state index in [9.17, 15) is 9.18 Å². The maximum absolute atomic E-state index is 14.4. The van der Waals surface area contributed by atoms with Crippen LogP contribution in [0.15, 0.2) is 23.8 Å². The van der Waals surface area contributed by atoms with Crippen molar-refractivity contribution in [2.24, 2.45) is 0 Å². The van der Waals surface area contributed by atoms with Crippen LogP contribution >= 0.6 is 0 Å². The Morgan fingerprint density at radius 2 is 2.17 bits per heavy atom. The number of allylic oxidation sites excluding steroid dienone is 1. The summed E-state index contributed by atoms with van der Waals surface area (Å²) in [6, 6.07) is 5.34. The van der Waals surface area contributed by atoms with Crippen LogP contribution in [-0.2, 0) is 11.2 Å². The SMILES string of the molecule is COc1ccc2c(c1)C(C(C)(F)C(=O)O)=C(C)C2. The van der Waals surface area contributed by atoms with Crippen molar-refractivity contribution < 1.29 is 19.0 Å². The van der Waals surface area contributed by atoms with Gasteiger partial charge in [0.2, 0.25) is 5.67 Å². The zero-order chi connectivity index (χ0) is 13.5. The Kier molecular flexibility index (Phi) is 2.89. The molecule has 1 N–H and O–H groups in total. The van der Waals surface area contributed by atoms with Gasteiger partial charge >= 0.3 is 5.97 Å². The Labute approximate surface area is 105 Å². The quantitative estimate of drug-likeness (QED) is 0.897. The fourth-order valence-electron chi connectivity index (χ4n) is 2.43. The highest BCUT2D eigenvalue weighted by atomic mass is 19.1. The smallest absolute Gasteiger partial charge is 0.345 e. The van der Waals surface area contributed by atoms with Crippen molar-refractivity contribution in [1.82, 2.24) is 0 Å². The van der Waals surface area contributed by atoms with Crippen molar-refractivity contribution in [2.45, 2.75) is 25.9 Å². The molecule has 0 fully saturated rings. The zero-order valence-corrected chi connectivity index (χ0v) is 10.6. The van der Waals surface area contributed by atoms with Crippen molar-refractivity contribution in [2.75, 3.05) is 7.11 Å². The lowest BCUT2D eigenvalue weighted by Gasteiger charge is -2.19. The van der Waals surface area contributed by atoms with E-state index in [0.717, 1.165) is 18.1 Å². The van der Waals surface area contributed by atoms with Crippen molar-refractivity contribution in [3.8, 4) is 5.75 Å². The molecular weight excluding hydrogens is 235 g/mol. The van der Waals surface area contributed by atoms with Crippen LogP contribution < -0.4 is 4.74 Å². The number of ether oxygens (including phenoxy) is 1. The van der Waals surface area contributed by atoms with Gasteiger partial charge in [0.05, 0.1) is 7.11 Å². The molecule has 1 aromatic rings. The summed E-state index contributed by atoms with van der Waals surface area (Å²) in [6.45, 7) is 2.85. The predicted octanol–water partition coefficient (Wildman–Crippen LogP) is 2.84. The topological polar surface area (TPSA) is 46.5 Å². The third kappa shape index (κ3) is 1.78. The van der Waals surface area contributed by atoms with Crippen LogP contribution in [0.25, 0.3) is 5.57 Å². The van der Waals surface area contributed by atoms with Gasteiger partial charge in [-0.2, -0.15) is 0 Å². The molecule has 0 spiro atoms. The molecule has 1 unspecified atom stereocenters. The van der Waals surface area contributed by atoms with E-state index in [2.05, 4.69) is 0 Å². The second kappa shape index (κ2) is 4.12. The van der Waals surface area contributed by atoms with E-state index in [4.69, 9.17) is 9.84 Å².